The fourth-order valence-electron chi connectivity index (χ4n) is 2.55. The summed E-state index contributed by atoms with van der Waals surface area (Å²) in [5.41, 5.74) is 0.336. The zero-order valence-corrected chi connectivity index (χ0v) is 15.0. The maximum Gasteiger partial charge on any atom is 0.289 e. The molecule has 0 spiro atoms. The van der Waals surface area contributed by atoms with Crippen LogP contribution < -0.4 is 5.32 Å². The number of nitrogens with one attached hydrogen (secondary N) is 1. The first kappa shape index (κ1) is 18.2. The lowest BCUT2D eigenvalue weighted by Crippen LogP contribution is -2.12. The van der Waals surface area contributed by atoms with Gasteiger partial charge in [0.25, 0.3) is 11.6 Å². The molecule has 0 unspecified atom stereocenters. The second-order valence-corrected chi connectivity index (χ2v) is 6.79. The van der Waals surface area contributed by atoms with Crippen molar-refractivity contribution in [2.24, 2.45) is 0 Å². The quantitative estimate of drug-likeness (QED) is 0.487. The lowest BCUT2D eigenvalue weighted by molar-refractivity contribution is -0.384. The van der Waals surface area contributed by atoms with Gasteiger partial charge < -0.3 is 10.1 Å². The Hall–Kier alpha value is -2.55. The Morgan fingerprint density at radius 2 is 2.15 bits per heavy atom. The first-order valence-corrected chi connectivity index (χ1v) is 8.56. The summed E-state index contributed by atoms with van der Waals surface area (Å²) in [6, 6.07) is 8.55. The molecule has 1 heterocycles. The van der Waals surface area contributed by atoms with Crippen LogP contribution in [-0.2, 0) is 11.3 Å². The Kier molecular flexibility index (Phi) is 5.17. The SMILES string of the molecule is COCc1c(C(=O)Nc2ccc(Cl)c([N+](=O)[O-])c2)sc2cccc(F)c12. The maximum absolute atomic E-state index is 14.2. The number of hydrogen-bond donors (Lipinski definition) is 1. The molecule has 134 valence electrons. The van der Waals surface area contributed by atoms with E-state index in [0.29, 0.717) is 15.6 Å². The van der Waals surface area contributed by atoms with E-state index in [1.807, 2.05) is 0 Å². The minimum Gasteiger partial charge on any atom is -0.380 e. The van der Waals surface area contributed by atoms with Crippen molar-refractivity contribution in [3.05, 3.63) is 67.8 Å². The number of carbonyl (C=O) groups is 1. The number of nitro groups is 1. The molecule has 1 aromatic heterocycles. The van der Waals surface area contributed by atoms with E-state index >= 15 is 0 Å². The third-order valence-electron chi connectivity index (χ3n) is 3.66. The number of benzene rings is 2. The number of ether oxygens (including phenoxy) is 1. The summed E-state index contributed by atoms with van der Waals surface area (Å²) in [7, 11) is 1.45. The van der Waals surface area contributed by atoms with Crippen molar-refractivity contribution in [3.63, 3.8) is 0 Å². The normalized spacial score (nSPS) is 10.9. The van der Waals surface area contributed by atoms with Crippen molar-refractivity contribution >= 4 is 50.3 Å². The summed E-state index contributed by atoms with van der Waals surface area (Å²) >= 11 is 6.90. The van der Waals surface area contributed by atoms with Gasteiger partial charge in [0.05, 0.1) is 16.4 Å². The van der Waals surface area contributed by atoms with Crippen LogP contribution >= 0.6 is 22.9 Å². The van der Waals surface area contributed by atoms with Crippen LogP contribution in [0.3, 0.4) is 0 Å². The number of carbonyl (C=O) groups excluding carboxylic acids is 1. The smallest absolute Gasteiger partial charge is 0.289 e. The van der Waals surface area contributed by atoms with E-state index in [4.69, 9.17) is 16.3 Å². The van der Waals surface area contributed by atoms with E-state index in [-0.39, 0.29) is 27.9 Å². The van der Waals surface area contributed by atoms with Gasteiger partial charge in [0.15, 0.2) is 0 Å². The van der Waals surface area contributed by atoms with Crippen molar-refractivity contribution in [1.29, 1.82) is 0 Å². The summed E-state index contributed by atoms with van der Waals surface area (Å²) < 4.78 is 19.9. The molecule has 1 N–H and O–H groups in total. The Morgan fingerprint density at radius 1 is 1.38 bits per heavy atom. The van der Waals surface area contributed by atoms with E-state index in [0.717, 1.165) is 11.3 Å². The van der Waals surface area contributed by atoms with E-state index in [9.17, 15) is 19.3 Å². The highest BCUT2D eigenvalue weighted by molar-refractivity contribution is 7.21. The summed E-state index contributed by atoms with van der Waals surface area (Å²) in [6.45, 7) is 0.0600. The molecule has 2 aromatic carbocycles. The Balaban J connectivity index is 2.00. The van der Waals surface area contributed by atoms with Gasteiger partial charge in [0.1, 0.15) is 10.8 Å². The standard InChI is InChI=1S/C17H12ClFN2O4S/c1-25-8-10-15-12(19)3-2-4-14(15)26-16(10)17(22)20-9-5-6-11(18)13(7-9)21(23)24/h2-7H,8H2,1H3,(H,20,22). The average molecular weight is 395 g/mol. The molecular weight excluding hydrogens is 383 g/mol. The molecule has 0 aliphatic heterocycles. The number of rotatable bonds is 5. The second-order valence-electron chi connectivity index (χ2n) is 5.33. The third kappa shape index (κ3) is 3.39. The Labute approximate surface area is 156 Å². The Bertz CT molecular complexity index is 1020. The number of hydrogen-bond acceptors (Lipinski definition) is 5. The number of halogens is 2. The molecule has 3 aromatic rings. The van der Waals surface area contributed by atoms with Crippen LogP contribution in [0.5, 0.6) is 0 Å². The highest BCUT2D eigenvalue weighted by Gasteiger charge is 2.21. The number of thiophene rings is 1. The van der Waals surface area contributed by atoms with E-state index in [1.165, 1.54) is 31.4 Å². The van der Waals surface area contributed by atoms with E-state index in [2.05, 4.69) is 5.32 Å². The van der Waals surface area contributed by atoms with E-state index < -0.39 is 16.6 Å². The van der Waals surface area contributed by atoms with Gasteiger partial charge in [0.2, 0.25) is 0 Å². The lowest BCUT2D eigenvalue weighted by atomic mass is 10.1. The minimum absolute atomic E-state index is 0.0306. The summed E-state index contributed by atoms with van der Waals surface area (Å²) in [4.78, 5) is 23.3. The summed E-state index contributed by atoms with van der Waals surface area (Å²) in [6.07, 6.45) is 0. The third-order valence-corrected chi connectivity index (χ3v) is 5.17. The van der Waals surface area contributed by atoms with Gasteiger partial charge in [-0.1, -0.05) is 17.7 Å². The van der Waals surface area contributed by atoms with Gasteiger partial charge >= 0.3 is 0 Å². The molecule has 9 heteroatoms. The molecule has 1 amide bonds. The van der Waals surface area contributed by atoms with Gasteiger partial charge in [0, 0.05) is 34.5 Å². The second kappa shape index (κ2) is 7.36. The van der Waals surface area contributed by atoms with Crippen molar-refractivity contribution in [2.75, 3.05) is 12.4 Å². The lowest BCUT2D eigenvalue weighted by Gasteiger charge is -2.07. The first-order chi connectivity index (χ1) is 12.4. The van der Waals surface area contributed by atoms with Crippen LogP contribution in [0.25, 0.3) is 10.1 Å². The van der Waals surface area contributed by atoms with Gasteiger partial charge in [-0.15, -0.1) is 11.3 Å². The van der Waals surface area contributed by atoms with Crippen LogP contribution in [0.1, 0.15) is 15.2 Å². The molecule has 0 saturated heterocycles. The minimum atomic E-state index is -0.636. The van der Waals surface area contributed by atoms with Gasteiger partial charge in [-0.2, -0.15) is 0 Å². The number of fused-ring (bicyclic) bond motifs is 1. The van der Waals surface area contributed by atoms with Crippen LogP contribution in [0, 0.1) is 15.9 Å². The topological polar surface area (TPSA) is 81.5 Å². The van der Waals surface area contributed by atoms with Crippen LogP contribution in [0.15, 0.2) is 36.4 Å². The average Bonchev–Trinajstić information content (AvgIpc) is 2.97. The van der Waals surface area contributed by atoms with Crippen molar-refractivity contribution in [3.8, 4) is 0 Å². The molecule has 0 bridgehead atoms. The van der Waals surface area contributed by atoms with Crippen molar-refractivity contribution in [2.45, 2.75) is 6.61 Å². The fraction of sp³-hybridized carbons (Fsp3) is 0.118. The zero-order chi connectivity index (χ0) is 18.8. The van der Waals surface area contributed by atoms with Crippen molar-refractivity contribution < 1.29 is 18.8 Å². The molecule has 26 heavy (non-hydrogen) atoms. The van der Waals surface area contributed by atoms with Crippen LogP contribution in [-0.4, -0.2) is 17.9 Å². The summed E-state index contributed by atoms with van der Waals surface area (Å²) in [5, 5.41) is 13.9. The predicted molar refractivity (Wildman–Crippen MR) is 98.6 cm³/mol. The number of anilines is 1. The highest BCUT2D eigenvalue weighted by atomic mass is 35.5. The molecular formula is C17H12ClFN2O4S. The molecule has 0 aliphatic rings. The number of amides is 1. The Morgan fingerprint density at radius 3 is 2.85 bits per heavy atom. The van der Waals surface area contributed by atoms with Gasteiger partial charge in [-0.05, 0) is 24.3 Å². The zero-order valence-electron chi connectivity index (χ0n) is 13.4. The molecule has 0 radical (unpaired) electrons. The molecule has 0 saturated carbocycles. The predicted octanol–water partition coefficient (Wildman–Crippen LogP) is 5.00. The molecule has 6 nitrogen and oxygen atoms in total. The number of nitrogens with zero attached hydrogens (tertiary/aromatic N) is 1. The first-order valence-electron chi connectivity index (χ1n) is 7.36. The fourth-order valence-corrected chi connectivity index (χ4v) is 3.85. The summed E-state index contributed by atoms with van der Waals surface area (Å²) in [5.74, 6) is -0.943. The number of nitro benzene ring substituents is 1. The molecule has 3 rings (SSSR count). The van der Waals surface area contributed by atoms with Crippen molar-refractivity contribution in [1.82, 2.24) is 0 Å². The van der Waals surface area contributed by atoms with Gasteiger partial charge in [-0.25, -0.2) is 4.39 Å². The highest BCUT2D eigenvalue weighted by Crippen LogP contribution is 2.35. The molecule has 0 fully saturated rings. The molecule has 0 atom stereocenters. The van der Waals surface area contributed by atoms with Crippen LogP contribution in [0.2, 0.25) is 5.02 Å². The number of methoxy groups -OCH3 is 1. The maximum atomic E-state index is 14.2. The monoisotopic (exact) mass is 394 g/mol. The van der Waals surface area contributed by atoms with Gasteiger partial charge in [-0.3, -0.25) is 14.9 Å². The largest absolute Gasteiger partial charge is 0.380 e. The van der Waals surface area contributed by atoms with Crippen LogP contribution in [0.4, 0.5) is 15.8 Å². The molecule has 0 aliphatic carbocycles. The van der Waals surface area contributed by atoms with E-state index in [1.54, 1.807) is 12.1 Å².